The number of halogens is 1. The molecule has 2 aliphatic rings. The summed E-state index contributed by atoms with van der Waals surface area (Å²) >= 11 is 6.15. The molecule has 1 saturated heterocycles. The largest absolute Gasteiger partial charge is 0.492 e. The molecule has 0 unspecified atom stereocenters. The Morgan fingerprint density at radius 3 is 2.60 bits per heavy atom. The third kappa shape index (κ3) is 6.56. The first-order chi connectivity index (χ1) is 20.3. The van der Waals surface area contributed by atoms with Gasteiger partial charge in [0.2, 0.25) is 15.9 Å². The van der Waals surface area contributed by atoms with Crippen LogP contribution in [-0.2, 0) is 26.0 Å². The molecule has 3 aromatic rings. The van der Waals surface area contributed by atoms with Crippen LogP contribution >= 0.6 is 11.6 Å². The Morgan fingerprint density at radius 1 is 1.05 bits per heavy atom. The fraction of sp³-hybridized carbons (Fsp3) is 0.355. The van der Waals surface area contributed by atoms with Gasteiger partial charge in [0.15, 0.2) is 6.10 Å². The van der Waals surface area contributed by atoms with Crippen molar-refractivity contribution in [2.75, 3.05) is 37.7 Å². The average molecular weight is 612 g/mol. The number of piperidine rings is 1. The molecule has 1 N–H and O–H groups in total. The summed E-state index contributed by atoms with van der Waals surface area (Å²) in [7, 11) is -3.99. The summed E-state index contributed by atoms with van der Waals surface area (Å²) < 4.78 is 40.3. The van der Waals surface area contributed by atoms with Crippen molar-refractivity contribution in [3.8, 4) is 11.5 Å². The van der Waals surface area contributed by atoms with Crippen LogP contribution in [0, 0.1) is 5.92 Å². The van der Waals surface area contributed by atoms with Gasteiger partial charge in [-0.2, -0.15) is 4.31 Å². The van der Waals surface area contributed by atoms with Gasteiger partial charge in [-0.1, -0.05) is 54.1 Å². The van der Waals surface area contributed by atoms with Gasteiger partial charge in [-0.25, -0.2) is 8.42 Å². The van der Waals surface area contributed by atoms with Gasteiger partial charge in [-0.3, -0.25) is 9.59 Å². The van der Waals surface area contributed by atoms with Gasteiger partial charge in [0.1, 0.15) is 16.4 Å². The minimum atomic E-state index is -3.99. The van der Waals surface area contributed by atoms with Crippen molar-refractivity contribution in [3.63, 3.8) is 0 Å². The lowest BCUT2D eigenvalue weighted by atomic mass is 9.97. The highest BCUT2D eigenvalue weighted by molar-refractivity contribution is 7.89. The van der Waals surface area contributed by atoms with Crippen LogP contribution in [0.4, 0.5) is 5.69 Å². The van der Waals surface area contributed by atoms with Crippen molar-refractivity contribution in [1.82, 2.24) is 9.62 Å². The third-order valence-corrected chi connectivity index (χ3v) is 9.57. The number of sulfonamides is 1. The number of ether oxygens (including phenoxy) is 2. The maximum Gasteiger partial charge on any atom is 0.262 e. The second-order valence-electron chi connectivity index (χ2n) is 10.3. The van der Waals surface area contributed by atoms with Crippen molar-refractivity contribution < 1.29 is 27.5 Å². The molecule has 0 saturated carbocycles. The Morgan fingerprint density at radius 2 is 1.81 bits per heavy atom. The minimum Gasteiger partial charge on any atom is -0.492 e. The number of benzene rings is 3. The predicted molar refractivity (Wildman–Crippen MR) is 160 cm³/mol. The van der Waals surface area contributed by atoms with E-state index in [0.29, 0.717) is 43.9 Å². The summed E-state index contributed by atoms with van der Waals surface area (Å²) in [6, 6.07) is 21.4. The van der Waals surface area contributed by atoms with Crippen LogP contribution in [-0.4, -0.2) is 63.4 Å². The Kier molecular flexibility index (Phi) is 9.35. The molecule has 1 fully saturated rings. The van der Waals surface area contributed by atoms with Crippen LogP contribution in [0.15, 0.2) is 77.7 Å². The fourth-order valence-electron chi connectivity index (χ4n) is 5.35. The zero-order valence-electron chi connectivity index (χ0n) is 23.4. The highest BCUT2D eigenvalue weighted by Crippen LogP contribution is 2.36. The predicted octanol–water partition coefficient (Wildman–Crippen LogP) is 4.29. The number of carbonyl (C=O) groups excluding carboxylic acids is 2. The van der Waals surface area contributed by atoms with E-state index in [1.807, 2.05) is 30.3 Å². The van der Waals surface area contributed by atoms with Crippen LogP contribution in [0.3, 0.4) is 0 Å². The molecule has 0 aliphatic carbocycles. The molecule has 2 aliphatic heterocycles. The molecule has 2 amide bonds. The average Bonchev–Trinajstić information content (AvgIpc) is 3.01. The standard InChI is InChI=1S/C31H34ClN3O6S/c1-2-40-27-15-14-24(32)19-29(27)42(38,39)34-18-8-11-23(20-34)31(37)35-21-28(41-26-13-7-6-12-25(26)35)30(36)33-17-16-22-9-4-3-5-10-22/h3-7,9-10,12-15,19,23,28H,2,8,11,16-18,20-21H2,1H3,(H,33,36)/t23-,28+/m1/s1. The van der Waals surface area contributed by atoms with Crippen LogP contribution in [0.5, 0.6) is 11.5 Å². The van der Waals surface area contributed by atoms with Gasteiger partial charge in [-0.15, -0.1) is 0 Å². The molecule has 0 bridgehead atoms. The van der Waals surface area contributed by atoms with Crippen molar-refractivity contribution in [1.29, 1.82) is 0 Å². The van der Waals surface area contributed by atoms with Gasteiger partial charge in [0.05, 0.1) is 24.8 Å². The van der Waals surface area contributed by atoms with Crippen molar-refractivity contribution in [2.24, 2.45) is 5.92 Å². The van der Waals surface area contributed by atoms with Gasteiger partial charge >= 0.3 is 0 Å². The lowest BCUT2D eigenvalue weighted by molar-refractivity contribution is -0.129. The molecule has 0 spiro atoms. The maximum absolute atomic E-state index is 14.0. The molecule has 42 heavy (non-hydrogen) atoms. The molecule has 5 rings (SSSR count). The first kappa shape index (κ1) is 29.9. The minimum absolute atomic E-state index is 0.00665. The van der Waals surface area contributed by atoms with E-state index in [1.54, 1.807) is 48.2 Å². The zero-order chi connectivity index (χ0) is 29.7. The summed E-state index contributed by atoms with van der Waals surface area (Å²) in [5.74, 6) is -0.505. The number of hydrogen-bond donors (Lipinski definition) is 1. The zero-order valence-corrected chi connectivity index (χ0v) is 24.9. The van der Waals surface area contributed by atoms with E-state index < -0.39 is 22.0 Å². The summed E-state index contributed by atoms with van der Waals surface area (Å²) in [4.78, 5) is 28.6. The monoisotopic (exact) mass is 611 g/mol. The quantitative estimate of drug-likeness (QED) is 0.387. The second-order valence-corrected chi connectivity index (χ2v) is 12.6. The highest BCUT2D eigenvalue weighted by Gasteiger charge is 2.40. The van der Waals surface area contributed by atoms with Gasteiger partial charge in [0.25, 0.3) is 5.91 Å². The molecular weight excluding hydrogens is 578 g/mol. The summed E-state index contributed by atoms with van der Waals surface area (Å²) in [6.45, 7) is 2.81. The van der Waals surface area contributed by atoms with Crippen LogP contribution in [0.2, 0.25) is 5.02 Å². The van der Waals surface area contributed by atoms with Gasteiger partial charge in [0, 0.05) is 24.7 Å². The van der Waals surface area contributed by atoms with Crippen molar-refractivity contribution in [3.05, 3.63) is 83.4 Å². The van der Waals surface area contributed by atoms with Crippen molar-refractivity contribution >= 4 is 39.1 Å². The number of hydrogen-bond acceptors (Lipinski definition) is 6. The normalized spacial score (nSPS) is 19.0. The van der Waals surface area contributed by atoms with E-state index in [9.17, 15) is 18.0 Å². The maximum atomic E-state index is 14.0. The van der Waals surface area contributed by atoms with Crippen molar-refractivity contribution in [2.45, 2.75) is 37.2 Å². The van der Waals surface area contributed by atoms with Crippen LogP contribution < -0.4 is 19.7 Å². The number of fused-ring (bicyclic) bond motifs is 1. The van der Waals surface area contributed by atoms with E-state index in [2.05, 4.69) is 5.32 Å². The lowest BCUT2D eigenvalue weighted by Crippen LogP contribution is -2.54. The second kappa shape index (κ2) is 13.1. The van der Waals surface area contributed by atoms with Crippen LogP contribution in [0.25, 0.3) is 0 Å². The highest BCUT2D eigenvalue weighted by atomic mass is 35.5. The van der Waals surface area contributed by atoms with E-state index in [-0.39, 0.29) is 47.1 Å². The summed E-state index contributed by atoms with van der Waals surface area (Å²) in [5.41, 5.74) is 1.66. The lowest BCUT2D eigenvalue weighted by Gasteiger charge is -2.38. The number of nitrogens with one attached hydrogen (secondary N) is 1. The summed E-state index contributed by atoms with van der Waals surface area (Å²) in [5, 5.41) is 3.20. The van der Waals surface area contributed by atoms with Gasteiger partial charge in [-0.05, 0) is 62.1 Å². The molecule has 11 heteroatoms. The Labute approximate surface area is 251 Å². The molecule has 2 heterocycles. The Hall–Kier alpha value is -3.60. The van der Waals surface area contributed by atoms with E-state index in [0.717, 1.165) is 5.56 Å². The molecular formula is C31H34ClN3O6S. The number of nitrogens with zero attached hydrogens (tertiary/aromatic N) is 2. The fourth-order valence-corrected chi connectivity index (χ4v) is 7.27. The van der Waals surface area contributed by atoms with Gasteiger partial charge < -0.3 is 19.7 Å². The molecule has 0 aromatic heterocycles. The number of para-hydroxylation sites is 2. The number of amides is 2. The molecule has 3 aromatic carbocycles. The first-order valence-electron chi connectivity index (χ1n) is 14.1. The number of anilines is 1. The van der Waals surface area contributed by atoms with E-state index in [4.69, 9.17) is 21.1 Å². The SMILES string of the molecule is CCOc1ccc(Cl)cc1S(=O)(=O)N1CCC[C@@H](C(=O)N2C[C@@H](C(=O)NCCc3ccccc3)Oc3ccccc32)C1. The molecule has 222 valence electrons. The number of rotatable bonds is 9. The summed E-state index contributed by atoms with van der Waals surface area (Å²) in [6.07, 6.45) is 0.799. The Bertz CT molecular complexity index is 1530. The third-order valence-electron chi connectivity index (χ3n) is 7.44. The molecule has 0 radical (unpaired) electrons. The smallest absolute Gasteiger partial charge is 0.262 e. The Balaban J connectivity index is 1.31. The van der Waals surface area contributed by atoms with Crippen LogP contribution in [0.1, 0.15) is 25.3 Å². The number of carbonyl (C=O) groups is 2. The molecule has 9 nitrogen and oxygen atoms in total. The first-order valence-corrected chi connectivity index (χ1v) is 15.9. The topological polar surface area (TPSA) is 105 Å². The van der Waals surface area contributed by atoms with E-state index in [1.165, 1.54) is 10.4 Å². The van der Waals surface area contributed by atoms with E-state index >= 15 is 0 Å². The molecule has 2 atom stereocenters.